The van der Waals surface area contributed by atoms with Crippen LogP contribution in [0.25, 0.3) is 0 Å². The minimum absolute atomic E-state index is 0.0804. The highest BCUT2D eigenvalue weighted by Gasteiger charge is 2.19. The molecule has 0 aliphatic rings. The number of aromatic nitrogens is 4. The van der Waals surface area contributed by atoms with E-state index >= 15 is 0 Å². The van der Waals surface area contributed by atoms with E-state index < -0.39 is 10.0 Å². The highest BCUT2D eigenvalue weighted by Crippen LogP contribution is 2.22. The summed E-state index contributed by atoms with van der Waals surface area (Å²) >= 11 is 0. The number of hydrogen-bond acceptors (Lipinski definition) is 5. The van der Waals surface area contributed by atoms with Crippen molar-refractivity contribution in [2.75, 3.05) is 4.72 Å². The molecule has 2 aromatic rings. The first-order chi connectivity index (χ1) is 9.70. The molecule has 0 aliphatic carbocycles. The Morgan fingerprint density at radius 3 is 2.19 bits per heavy atom. The summed E-state index contributed by atoms with van der Waals surface area (Å²) < 4.78 is 28.2. The average Bonchev–Trinajstić information content (AvgIpc) is 2.74. The number of aryl methyl sites for hydroxylation is 3. The Labute approximate surface area is 124 Å². The number of hydrogen-bond donors (Lipinski definition) is 1. The highest BCUT2D eigenvalue weighted by molar-refractivity contribution is 7.92. The molecule has 0 aliphatic heterocycles. The summed E-state index contributed by atoms with van der Waals surface area (Å²) in [4.78, 5) is 8.57. The Morgan fingerprint density at radius 1 is 1.19 bits per heavy atom. The summed E-state index contributed by atoms with van der Waals surface area (Å²) in [5.41, 5.74) is 2.60. The fraction of sp³-hybridized carbons (Fsp3) is 0.462. The molecule has 0 saturated heterocycles. The quantitative estimate of drug-likeness (QED) is 0.929. The second kappa shape index (κ2) is 5.44. The Balaban J connectivity index is 2.36. The molecule has 0 aromatic carbocycles. The predicted molar refractivity (Wildman–Crippen MR) is 79.6 cm³/mol. The molecule has 0 unspecified atom stereocenters. The van der Waals surface area contributed by atoms with Crippen molar-refractivity contribution in [2.24, 2.45) is 7.05 Å². The monoisotopic (exact) mass is 309 g/mol. The first-order valence-corrected chi connectivity index (χ1v) is 8.05. The zero-order chi connectivity index (χ0) is 15.8. The van der Waals surface area contributed by atoms with Crippen molar-refractivity contribution in [1.82, 2.24) is 19.7 Å². The third-order valence-electron chi connectivity index (χ3n) is 3.12. The van der Waals surface area contributed by atoms with Crippen LogP contribution in [0.1, 0.15) is 36.7 Å². The summed E-state index contributed by atoms with van der Waals surface area (Å²) in [6.07, 6.45) is 2.70. The van der Waals surface area contributed by atoms with E-state index in [1.165, 1.54) is 17.1 Å². The zero-order valence-electron chi connectivity index (χ0n) is 12.7. The van der Waals surface area contributed by atoms with E-state index in [9.17, 15) is 8.42 Å². The van der Waals surface area contributed by atoms with Gasteiger partial charge in [-0.05, 0) is 25.3 Å². The summed E-state index contributed by atoms with van der Waals surface area (Å²) in [5, 5.41) is 3.85. The molecule has 0 atom stereocenters. The van der Waals surface area contributed by atoms with Gasteiger partial charge >= 0.3 is 0 Å². The maximum Gasteiger partial charge on any atom is 0.267 e. The predicted octanol–water partition coefficient (Wildman–Crippen LogP) is 1.75. The van der Waals surface area contributed by atoms with Crippen LogP contribution >= 0.6 is 0 Å². The van der Waals surface area contributed by atoms with Gasteiger partial charge in [-0.3, -0.25) is 4.68 Å². The van der Waals surface area contributed by atoms with Gasteiger partial charge in [-0.2, -0.15) is 5.10 Å². The van der Waals surface area contributed by atoms with Crippen LogP contribution < -0.4 is 4.72 Å². The van der Waals surface area contributed by atoms with Crippen molar-refractivity contribution >= 4 is 16.0 Å². The maximum absolute atomic E-state index is 12.2. The molecule has 114 valence electrons. The van der Waals surface area contributed by atoms with Crippen LogP contribution in [0.4, 0.5) is 5.95 Å². The molecule has 0 bridgehead atoms. The van der Waals surface area contributed by atoms with Crippen LogP contribution in [-0.4, -0.2) is 28.2 Å². The maximum atomic E-state index is 12.2. The lowest BCUT2D eigenvalue weighted by atomic mass is 10.0. The topological polar surface area (TPSA) is 89.8 Å². The van der Waals surface area contributed by atoms with Gasteiger partial charge in [0.25, 0.3) is 10.0 Å². The van der Waals surface area contributed by atoms with Crippen molar-refractivity contribution in [3.05, 3.63) is 29.3 Å². The molecule has 0 amide bonds. The molecular weight excluding hydrogens is 290 g/mol. The van der Waals surface area contributed by atoms with E-state index in [1.54, 1.807) is 7.05 Å². The normalized spacial score (nSPS) is 11.9. The molecule has 0 radical (unpaired) electrons. The van der Waals surface area contributed by atoms with Crippen molar-refractivity contribution < 1.29 is 8.42 Å². The van der Waals surface area contributed by atoms with Crippen LogP contribution in [0.2, 0.25) is 0 Å². The van der Waals surface area contributed by atoms with E-state index in [2.05, 4.69) is 33.6 Å². The van der Waals surface area contributed by atoms with Gasteiger partial charge in [0.2, 0.25) is 5.95 Å². The summed E-state index contributed by atoms with van der Waals surface area (Å²) in [5.74, 6) is 0.368. The number of nitrogens with zero attached hydrogens (tertiary/aromatic N) is 4. The standard InChI is InChI=1S/C13H19N5O2S/c1-8(2)12-9(3)15-13(16-10(12)4)17-21(19,20)11-6-14-18(5)7-11/h6-8H,1-5H3,(H,15,16,17). The number of anilines is 1. The molecule has 2 heterocycles. The van der Waals surface area contributed by atoms with E-state index in [0.717, 1.165) is 17.0 Å². The number of rotatable bonds is 4. The summed E-state index contributed by atoms with van der Waals surface area (Å²) in [6.45, 7) is 7.81. The highest BCUT2D eigenvalue weighted by atomic mass is 32.2. The van der Waals surface area contributed by atoms with Crippen molar-refractivity contribution in [2.45, 2.75) is 38.5 Å². The van der Waals surface area contributed by atoms with Crippen LogP contribution in [-0.2, 0) is 17.1 Å². The lowest BCUT2D eigenvalue weighted by molar-refractivity contribution is 0.600. The SMILES string of the molecule is Cc1nc(NS(=O)(=O)c2cnn(C)c2)nc(C)c1C(C)C. The van der Waals surface area contributed by atoms with Crippen LogP contribution in [0.15, 0.2) is 17.3 Å². The minimum Gasteiger partial charge on any atom is -0.274 e. The molecule has 21 heavy (non-hydrogen) atoms. The Morgan fingerprint density at radius 2 is 1.76 bits per heavy atom. The first kappa shape index (κ1) is 15.4. The molecule has 7 nitrogen and oxygen atoms in total. The van der Waals surface area contributed by atoms with Crippen molar-refractivity contribution in [1.29, 1.82) is 0 Å². The Bertz CT molecular complexity index is 742. The molecule has 0 spiro atoms. The molecule has 8 heteroatoms. The Hall–Kier alpha value is -1.96. The van der Waals surface area contributed by atoms with Gasteiger partial charge in [-0.25, -0.2) is 23.1 Å². The summed E-state index contributed by atoms with van der Waals surface area (Å²) in [7, 11) is -2.06. The summed E-state index contributed by atoms with van der Waals surface area (Å²) in [6, 6.07) is 0. The molecular formula is C13H19N5O2S. The van der Waals surface area contributed by atoms with Crippen molar-refractivity contribution in [3.63, 3.8) is 0 Å². The van der Waals surface area contributed by atoms with E-state index in [-0.39, 0.29) is 16.8 Å². The number of nitrogens with one attached hydrogen (secondary N) is 1. The van der Waals surface area contributed by atoms with Gasteiger partial charge in [-0.1, -0.05) is 13.8 Å². The van der Waals surface area contributed by atoms with Gasteiger partial charge in [0.05, 0.1) is 6.20 Å². The third kappa shape index (κ3) is 3.21. The minimum atomic E-state index is -3.72. The van der Waals surface area contributed by atoms with E-state index in [0.29, 0.717) is 0 Å². The second-order valence-corrected chi connectivity index (χ2v) is 6.92. The lowest BCUT2D eigenvalue weighted by Gasteiger charge is -2.14. The van der Waals surface area contributed by atoms with Gasteiger partial charge < -0.3 is 0 Å². The lowest BCUT2D eigenvalue weighted by Crippen LogP contribution is -2.16. The fourth-order valence-corrected chi connectivity index (χ4v) is 3.25. The third-order valence-corrected chi connectivity index (χ3v) is 4.40. The molecule has 2 aromatic heterocycles. The van der Waals surface area contributed by atoms with E-state index in [4.69, 9.17) is 0 Å². The average molecular weight is 309 g/mol. The molecule has 0 fully saturated rings. The second-order valence-electron chi connectivity index (χ2n) is 5.24. The zero-order valence-corrected chi connectivity index (χ0v) is 13.6. The smallest absolute Gasteiger partial charge is 0.267 e. The molecule has 0 saturated carbocycles. The van der Waals surface area contributed by atoms with Gasteiger partial charge in [0.15, 0.2) is 0 Å². The molecule has 1 N–H and O–H groups in total. The van der Waals surface area contributed by atoms with Gasteiger partial charge in [-0.15, -0.1) is 0 Å². The number of sulfonamides is 1. The van der Waals surface area contributed by atoms with Crippen molar-refractivity contribution in [3.8, 4) is 0 Å². The molecule has 2 rings (SSSR count). The first-order valence-electron chi connectivity index (χ1n) is 6.57. The van der Waals surface area contributed by atoms with Crippen LogP contribution in [0.3, 0.4) is 0 Å². The Kier molecular flexibility index (Phi) is 3.99. The fourth-order valence-electron chi connectivity index (χ4n) is 2.32. The largest absolute Gasteiger partial charge is 0.274 e. The van der Waals surface area contributed by atoms with Crippen LogP contribution in [0.5, 0.6) is 0 Å². The van der Waals surface area contributed by atoms with E-state index in [1.807, 2.05) is 13.8 Å². The van der Waals surface area contributed by atoms with Gasteiger partial charge in [0, 0.05) is 24.6 Å². The van der Waals surface area contributed by atoms with Crippen LogP contribution in [0, 0.1) is 13.8 Å². The van der Waals surface area contributed by atoms with Gasteiger partial charge in [0.1, 0.15) is 4.90 Å².